The lowest BCUT2D eigenvalue weighted by atomic mass is 9.78. The van der Waals surface area contributed by atoms with Gasteiger partial charge in [-0.15, -0.1) is 24.8 Å². The van der Waals surface area contributed by atoms with Crippen LogP contribution in [0.2, 0.25) is 0 Å². The third-order valence-electron chi connectivity index (χ3n) is 6.04. The smallest absolute Gasteiger partial charge is 0.312 e. The molecule has 0 radical (unpaired) electrons. The number of amides is 2. The molecule has 1 aliphatic carbocycles. The molecule has 28 heavy (non-hydrogen) atoms. The fourth-order valence-electron chi connectivity index (χ4n) is 4.58. The summed E-state index contributed by atoms with van der Waals surface area (Å²) in [7, 11) is 0. The minimum atomic E-state index is -0.360. The molecule has 5 nitrogen and oxygen atoms in total. The Balaban J connectivity index is 0.00000196. The van der Waals surface area contributed by atoms with Gasteiger partial charge in [-0.05, 0) is 37.8 Å². The number of nitrogens with one attached hydrogen (secondary N) is 1. The SMILES string of the molecule is Cl.Cl.NC(=O)NC1(CCCN2CCN(Cc3ccccc3)CC2)CCCCC1. The average Bonchev–Trinajstić information content (AvgIpc) is 2.64. The summed E-state index contributed by atoms with van der Waals surface area (Å²) >= 11 is 0. The fraction of sp³-hybridized carbons (Fsp3) is 0.667. The molecule has 1 saturated carbocycles. The van der Waals surface area contributed by atoms with Crippen molar-refractivity contribution in [2.45, 2.75) is 57.0 Å². The lowest BCUT2D eigenvalue weighted by molar-refractivity contribution is 0.120. The first-order chi connectivity index (χ1) is 12.7. The highest BCUT2D eigenvalue weighted by Crippen LogP contribution is 2.32. The molecular formula is C21H36Cl2N4O. The molecule has 7 heteroatoms. The normalized spacial score (nSPS) is 19.9. The van der Waals surface area contributed by atoms with Crippen LogP contribution in [0, 0.1) is 0 Å². The van der Waals surface area contributed by atoms with E-state index < -0.39 is 0 Å². The Hall–Kier alpha value is -1.01. The van der Waals surface area contributed by atoms with E-state index in [9.17, 15) is 4.79 Å². The van der Waals surface area contributed by atoms with Crippen LogP contribution >= 0.6 is 24.8 Å². The Kier molecular flexibility index (Phi) is 11.2. The van der Waals surface area contributed by atoms with E-state index in [1.165, 1.54) is 24.8 Å². The van der Waals surface area contributed by atoms with Gasteiger partial charge >= 0.3 is 6.03 Å². The van der Waals surface area contributed by atoms with Crippen molar-refractivity contribution in [2.75, 3.05) is 32.7 Å². The zero-order valence-corrected chi connectivity index (χ0v) is 18.4. The monoisotopic (exact) mass is 430 g/mol. The summed E-state index contributed by atoms with van der Waals surface area (Å²) in [6.45, 7) is 6.74. The van der Waals surface area contributed by atoms with Crippen LogP contribution < -0.4 is 11.1 Å². The van der Waals surface area contributed by atoms with Crippen LogP contribution in [-0.2, 0) is 6.54 Å². The van der Waals surface area contributed by atoms with Crippen molar-refractivity contribution in [3.63, 3.8) is 0 Å². The van der Waals surface area contributed by atoms with E-state index in [2.05, 4.69) is 45.4 Å². The van der Waals surface area contributed by atoms with Crippen molar-refractivity contribution in [2.24, 2.45) is 5.73 Å². The molecule has 2 aliphatic rings. The second-order valence-corrected chi connectivity index (χ2v) is 8.04. The summed E-state index contributed by atoms with van der Waals surface area (Å²) < 4.78 is 0. The van der Waals surface area contributed by atoms with Crippen molar-refractivity contribution in [1.29, 1.82) is 0 Å². The van der Waals surface area contributed by atoms with Crippen molar-refractivity contribution in [3.05, 3.63) is 35.9 Å². The summed E-state index contributed by atoms with van der Waals surface area (Å²) in [5, 5.41) is 3.08. The van der Waals surface area contributed by atoms with Crippen LogP contribution in [0.5, 0.6) is 0 Å². The molecule has 1 aliphatic heterocycles. The number of primary amides is 1. The number of piperazine rings is 1. The average molecular weight is 431 g/mol. The highest BCUT2D eigenvalue weighted by Gasteiger charge is 2.32. The Labute approximate surface area is 182 Å². The minimum absolute atomic E-state index is 0. The molecule has 1 saturated heterocycles. The van der Waals surface area contributed by atoms with Crippen LogP contribution in [-0.4, -0.2) is 54.1 Å². The van der Waals surface area contributed by atoms with Crippen molar-refractivity contribution >= 4 is 30.8 Å². The highest BCUT2D eigenvalue weighted by atomic mass is 35.5. The number of urea groups is 1. The summed E-state index contributed by atoms with van der Waals surface area (Å²) in [6.07, 6.45) is 8.06. The molecule has 0 unspecified atom stereocenters. The summed E-state index contributed by atoms with van der Waals surface area (Å²) in [6, 6.07) is 10.4. The van der Waals surface area contributed by atoms with Crippen LogP contribution in [0.4, 0.5) is 4.79 Å². The van der Waals surface area contributed by atoms with Gasteiger partial charge in [0.2, 0.25) is 0 Å². The molecule has 0 bridgehead atoms. The molecular weight excluding hydrogens is 395 g/mol. The number of hydrogen-bond acceptors (Lipinski definition) is 3. The molecule has 3 rings (SSSR count). The molecule has 3 N–H and O–H groups in total. The second-order valence-electron chi connectivity index (χ2n) is 8.04. The Morgan fingerprint density at radius 2 is 1.57 bits per heavy atom. The molecule has 1 aromatic carbocycles. The van der Waals surface area contributed by atoms with Crippen LogP contribution in [0.3, 0.4) is 0 Å². The predicted octanol–water partition coefficient (Wildman–Crippen LogP) is 3.80. The Morgan fingerprint density at radius 1 is 0.964 bits per heavy atom. The first-order valence-electron chi connectivity index (χ1n) is 10.2. The van der Waals surface area contributed by atoms with E-state index in [4.69, 9.17) is 5.73 Å². The molecule has 1 heterocycles. The number of rotatable bonds is 7. The minimum Gasteiger partial charge on any atom is -0.352 e. The quantitative estimate of drug-likeness (QED) is 0.691. The van der Waals surface area contributed by atoms with Gasteiger partial charge in [-0.2, -0.15) is 0 Å². The van der Waals surface area contributed by atoms with E-state index in [1.54, 1.807) is 0 Å². The number of hydrogen-bond donors (Lipinski definition) is 2. The topological polar surface area (TPSA) is 61.6 Å². The van der Waals surface area contributed by atoms with Gasteiger partial charge in [0, 0.05) is 38.3 Å². The zero-order chi connectivity index (χ0) is 18.2. The Bertz CT molecular complexity index is 559. The number of benzene rings is 1. The molecule has 0 aromatic heterocycles. The lowest BCUT2D eigenvalue weighted by Gasteiger charge is -2.39. The van der Waals surface area contributed by atoms with Crippen molar-refractivity contribution in [1.82, 2.24) is 15.1 Å². The standard InChI is InChI=1S/C21H34N4O.2ClH/c22-20(26)23-21(10-5-2-6-11-21)12-7-13-24-14-16-25(17-15-24)18-19-8-3-1-4-9-19;;/h1,3-4,8-9H,2,5-7,10-18H2,(H3,22,23,26);2*1H. The maximum Gasteiger partial charge on any atom is 0.312 e. The predicted molar refractivity (Wildman–Crippen MR) is 120 cm³/mol. The van der Waals surface area contributed by atoms with Gasteiger partial charge < -0.3 is 16.0 Å². The molecule has 0 atom stereocenters. The van der Waals surface area contributed by atoms with Gasteiger partial charge in [-0.25, -0.2) is 4.79 Å². The summed E-state index contributed by atoms with van der Waals surface area (Å²) in [5.41, 5.74) is 6.79. The number of halogens is 2. The molecule has 0 spiro atoms. The van der Waals surface area contributed by atoms with E-state index in [-0.39, 0.29) is 36.4 Å². The molecule has 160 valence electrons. The number of nitrogens with two attached hydrogens (primary N) is 1. The second kappa shape index (κ2) is 12.5. The first kappa shape index (κ1) is 25.0. The van der Waals surface area contributed by atoms with E-state index in [0.29, 0.717) is 0 Å². The van der Waals surface area contributed by atoms with E-state index >= 15 is 0 Å². The third kappa shape index (κ3) is 7.78. The van der Waals surface area contributed by atoms with Gasteiger partial charge in [0.05, 0.1) is 0 Å². The number of carbonyl (C=O) groups excluding carboxylic acids is 1. The third-order valence-corrected chi connectivity index (χ3v) is 6.04. The van der Waals surface area contributed by atoms with Crippen LogP contribution in [0.1, 0.15) is 50.5 Å². The molecule has 1 aromatic rings. The molecule has 2 fully saturated rings. The van der Waals surface area contributed by atoms with Crippen molar-refractivity contribution in [3.8, 4) is 0 Å². The maximum atomic E-state index is 11.4. The maximum absolute atomic E-state index is 11.4. The lowest BCUT2D eigenvalue weighted by Crippen LogP contribution is -2.52. The van der Waals surface area contributed by atoms with Gasteiger partial charge in [-0.1, -0.05) is 49.6 Å². The van der Waals surface area contributed by atoms with E-state index in [1.807, 2.05) is 0 Å². The van der Waals surface area contributed by atoms with Gasteiger partial charge in [0.1, 0.15) is 0 Å². The number of nitrogens with zero attached hydrogens (tertiary/aromatic N) is 2. The fourth-order valence-corrected chi connectivity index (χ4v) is 4.58. The zero-order valence-electron chi connectivity index (χ0n) is 16.8. The van der Waals surface area contributed by atoms with Gasteiger partial charge in [0.25, 0.3) is 0 Å². The summed E-state index contributed by atoms with van der Waals surface area (Å²) in [4.78, 5) is 16.5. The van der Waals surface area contributed by atoms with Crippen LogP contribution in [0.25, 0.3) is 0 Å². The Morgan fingerprint density at radius 3 is 2.18 bits per heavy atom. The highest BCUT2D eigenvalue weighted by molar-refractivity contribution is 5.85. The van der Waals surface area contributed by atoms with Crippen molar-refractivity contribution < 1.29 is 4.79 Å². The largest absolute Gasteiger partial charge is 0.352 e. The molecule has 2 amide bonds. The van der Waals surface area contributed by atoms with Gasteiger partial charge in [-0.3, -0.25) is 4.90 Å². The van der Waals surface area contributed by atoms with Crippen LogP contribution in [0.15, 0.2) is 30.3 Å². The number of carbonyl (C=O) groups is 1. The first-order valence-corrected chi connectivity index (χ1v) is 10.2. The van der Waals surface area contributed by atoms with Gasteiger partial charge in [0.15, 0.2) is 0 Å². The van der Waals surface area contributed by atoms with E-state index in [0.717, 1.165) is 65.0 Å². The summed E-state index contributed by atoms with van der Waals surface area (Å²) in [5.74, 6) is 0.